The number of ketones is 2. The van der Waals surface area contributed by atoms with E-state index in [2.05, 4.69) is 31.9 Å². The molecular formula is C28H23Br2Cl2NO5. The third-order valence-electron chi connectivity index (χ3n) is 7.12. The Hall–Kier alpha value is -2.13. The maximum absolute atomic E-state index is 13.3. The van der Waals surface area contributed by atoms with Crippen molar-refractivity contribution in [2.45, 2.75) is 51.0 Å². The number of hydrogen-bond donors (Lipinski definition) is 1. The number of carboxylic acid groups (broad SMARTS) is 1. The number of carbonyl (C=O) groups excluding carboxylic acids is 2. The van der Waals surface area contributed by atoms with Gasteiger partial charge in [0.05, 0.1) is 8.95 Å². The molecule has 1 N–H and O–H groups in total. The maximum atomic E-state index is 13.3. The second-order valence-electron chi connectivity index (χ2n) is 9.53. The molecule has 0 atom stereocenters. The van der Waals surface area contributed by atoms with Gasteiger partial charge in [-0.2, -0.15) is 0 Å². The monoisotopic (exact) mass is 681 g/mol. The van der Waals surface area contributed by atoms with Gasteiger partial charge in [-0.25, -0.2) is 0 Å². The van der Waals surface area contributed by atoms with E-state index in [4.69, 9.17) is 27.9 Å². The number of Topliss-reactive ketones (excluding diaryl/α,β-unsaturated/α-hetero) is 2. The second-order valence-corrected chi connectivity index (χ2v) is 12.1. The Labute approximate surface area is 246 Å². The molecule has 2 aromatic rings. The number of carboxylic acids is 1. The summed E-state index contributed by atoms with van der Waals surface area (Å²) in [7, 11) is 0. The highest BCUT2D eigenvalue weighted by atomic mass is 79.9. The quantitative estimate of drug-likeness (QED) is 0.338. The van der Waals surface area contributed by atoms with Gasteiger partial charge in [-0.1, -0.05) is 29.3 Å². The van der Waals surface area contributed by atoms with Crippen LogP contribution in [0.4, 0.5) is 0 Å². The Morgan fingerprint density at radius 2 is 1.53 bits per heavy atom. The second kappa shape index (κ2) is 11.2. The van der Waals surface area contributed by atoms with Crippen LogP contribution in [0.15, 0.2) is 61.8 Å². The van der Waals surface area contributed by atoms with Crippen LogP contribution in [0, 0.1) is 0 Å². The molecule has 10 heteroatoms. The summed E-state index contributed by atoms with van der Waals surface area (Å²) in [6.07, 6.45) is 3.26. The normalized spacial score (nSPS) is 18.1. The van der Waals surface area contributed by atoms with Crippen LogP contribution in [0.5, 0.6) is 5.75 Å². The smallest absolute Gasteiger partial charge is 0.323 e. The highest BCUT2D eigenvalue weighted by molar-refractivity contribution is 9.11. The molecule has 1 heterocycles. The number of hydrogen-bond acceptors (Lipinski definition) is 5. The molecule has 0 radical (unpaired) electrons. The van der Waals surface area contributed by atoms with Crippen molar-refractivity contribution in [3.63, 3.8) is 0 Å². The maximum Gasteiger partial charge on any atom is 0.323 e. The van der Waals surface area contributed by atoms with Gasteiger partial charge in [-0.3, -0.25) is 14.4 Å². The number of allylic oxidation sites excluding steroid dienone is 4. The Kier molecular flexibility index (Phi) is 8.06. The summed E-state index contributed by atoms with van der Waals surface area (Å²) >= 11 is 19.5. The van der Waals surface area contributed by atoms with E-state index in [1.807, 2.05) is 12.1 Å². The molecule has 0 fully saturated rings. The fourth-order valence-electron chi connectivity index (χ4n) is 5.55. The summed E-state index contributed by atoms with van der Waals surface area (Å²) < 4.78 is 7.38. The topological polar surface area (TPSA) is 83.9 Å². The van der Waals surface area contributed by atoms with E-state index >= 15 is 0 Å². The van der Waals surface area contributed by atoms with Gasteiger partial charge in [0.15, 0.2) is 11.6 Å². The third-order valence-corrected chi connectivity index (χ3v) is 8.89. The molecule has 2 aliphatic carbocycles. The van der Waals surface area contributed by atoms with E-state index in [1.165, 1.54) is 0 Å². The van der Waals surface area contributed by atoms with E-state index in [0.717, 1.165) is 22.5 Å². The van der Waals surface area contributed by atoms with Gasteiger partial charge in [0.2, 0.25) is 0 Å². The summed E-state index contributed by atoms with van der Waals surface area (Å²) in [5.41, 5.74) is 4.06. The molecular weight excluding hydrogens is 661 g/mol. The summed E-state index contributed by atoms with van der Waals surface area (Å²) in [6, 6.07) is 8.96. The van der Waals surface area contributed by atoms with Gasteiger partial charge < -0.3 is 14.7 Å². The lowest BCUT2D eigenvalue weighted by Crippen LogP contribution is -2.41. The van der Waals surface area contributed by atoms with Gasteiger partial charge in [-0.05, 0) is 87.4 Å². The lowest BCUT2D eigenvalue weighted by molar-refractivity contribution is -0.138. The predicted molar refractivity (Wildman–Crippen MR) is 151 cm³/mol. The van der Waals surface area contributed by atoms with E-state index in [0.29, 0.717) is 74.4 Å². The molecule has 0 saturated heterocycles. The highest BCUT2D eigenvalue weighted by Gasteiger charge is 2.44. The Balaban J connectivity index is 1.57. The van der Waals surface area contributed by atoms with Crippen molar-refractivity contribution in [3.8, 4) is 5.75 Å². The molecule has 0 bridgehead atoms. The van der Waals surface area contributed by atoms with Crippen molar-refractivity contribution in [3.05, 3.63) is 83.0 Å². The fraction of sp³-hybridized carbons (Fsp3) is 0.321. The van der Waals surface area contributed by atoms with Crippen LogP contribution < -0.4 is 4.74 Å². The van der Waals surface area contributed by atoms with Crippen LogP contribution in [0.25, 0.3) is 0 Å². The molecule has 198 valence electrons. The van der Waals surface area contributed by atoms with Gasteiger partial charge in [0.25, 0.3) is 0 Å². The number of halogens is 4. The zero-order valence-corrected chi connectivity index (χ0v) is 24.8. The predicted octanol–water partition coefficient (Wildman–Crippen LogP) is 7.60. The van der Waals surface area contributed by atoms with Crippen molar-refractivity contribution in [1.29, 1.82) is 0 Å². The van der Waals surface area contributed by atoms with Crippen molar-refractivity contribution in [2.24, 2.45) is 0 Å². The number of aliphatic carboxylic acids is 1. The average molecular weight is 684 g/mol. The first-order valence-electron chi connectivity index (χ1n) is 12.2. The standard InChI is InChI=1S/C28H23Br2Cl2NO5/c29-17-9-15(10-18(30)28(17)38-13-14-7-8-16(31)11-19(14)32)25-26-20(3-1-5-22(26)34)33(12-24(36)37)21-4-2-6-23(35)27(21)25/h7-11,25H,1-6,12-13H2,(H,36,37). The number of rotatable bonds is 6. The van der Waals surface area contributed by atoms with Crippen LogP contribution in [0.1, 0.15) is 55.6 Å². The first kappa shape index (κ1) is 27.4. The fourth-order valence-corrected chi connectivity index (χ4v) is 7.46. The SMILES string of the molecule is O=C(O)CN1C2=C(C(=O)CCC2)C(c2cc(Br)c(OCc3ccc(Cl)cc3Cl)c(Br)c2)C2=C1CCCC2=O. The largest absolute Gasteiger partial charge is 0.486 e. The van der Waals surface area contributed by atoms with E-state index < -0.39 is 11.9 Å². The number of carbonyl (C=O) groups is 3. The summed E-state index contributed by atoms with van der Waals surface area (Å²) in [5, 5.41) is 10.7. The minimum absolute atomic E-state index is 0.0403. The molecule has 0 saturated carbocycles. The third kappa shape index (κ3) is 5.20. The van der Waals surface area contributed by atoms with Crippen LogP contribution in [-0.4, -0.2) is 34.1 Å². The van der Waals surface area contributed by atoms with E-state index in [-0.39, 0.29) is 24.7 Å². The zero-order chi connectivity index (χ0) is 27.1. The Bertz CT molecular complexity index is 1370. The highest BCUT2D eigenvalue weighted by Crippen LogP contribution is 2.50. The summed E-state index contributed by atoms with van der Waals surface area (Å²) in [4.78, 5) is 40.2. The van der Waals surface area contributed by atoms with Gasteiger partial charge in [0.1, 0.15) is 18.9 Å². The van der Waals surface area contributed by atoms with Gasteiger partial charge in [-0.15, -0.1) is 0 Å². The van der Waals surface area contributed by atoms with Crippen LogP contribution in [-0.2, 0) is 21.0 Å². The number of benzene rings is 2. The molecule has 38 heavy (non-hydrogen) atoms. The van der Waals surface area contributed by atoms with Crippen LogP contribution in [0.3, 0.4) is 0 Å². The molecule has 5 rings (SSSR count). The zero-order valence-electron chi connectivity index (χ0n) is 20.2. The number of nitrogens with zero attached hydrogens (tertiary/aromatic N) is 1. The molecule has 0 spiro atoms. The molecule has 2 aromatic carbocycles. The van der Waals surface area contributed by atoms with Crippen LogP contribution in [0.2, 0.25) is 10.0 Å². The molecule has 0 unspecified atom stereocenters. The molecule has 3 aliphatic rings. The first-order chi connectivity index (χ1) is 18.2. The van der Waals surface area contributed by atoms with Gasteiger partial charge in [0, 0.05) is 56.9 Å². The summed E-state index contributed by atoms with van der Waals surface area (Å²) in [6.45, 7) is -0.0555. The molecule has 6 nitrogen and oxygen atoms in total. The summed E-state index contributed by atoms with van der Waals surface area (Å²) in [5.74, 6) is -1.08. The van der Waals surface area contributed by atoms with E-state index in [9.17, 15) is 19.5 Å². The van der Waals surface area contributed by atoms with Crippen molar-refractivity contribution < 1.29 is 24.2 Å². The van der Waals surface area contributed by atoms with Crippen molar-refractivity contribution in [2.75, 3.05) is 6.54 Å². The number of ether oxygens (including phenoxy) is 1. The van der Waals surface area contributed by atoms with E-state index in [1.54, 1.807) is 23.1 Å². The van der Waals surface area contributed by atoms with Crippen molar-refractivity contribution in [1.82, 2.24) is 4.90 Å². The molecule has 0 amide bonds. The Morgan fingerprint density at radius 3 is 2.05 bits per heavy atom. The minimum atomic E-state index is -0.994. The lowest BCUT2D eigenvalue weighted by atomic mass is 9.71. The lowest BCUT2D eigenvalue weighted by Gasteiger charge is -2.43. The molecule has 0 aromatic heterocycles. The molecule has 1 aliphatic heterocycles. The van der Waals surface area contributed by atoms with Crippen LogP contribution >= 0.6 is 55.1 Å². The first-order valence-corrected chi connectivity index (χ1v) is 14.6. The van der Waals surface area contributed by atoms with Crippen molar-refractivity contribution >= 4 is 72.6 Å². The minimum Gasteiger partial charge on any atom is -0.486 e. The van der Waals surface area contributed by atoms with Gasteiger partial charge >= 0.3 is 5.97 Å². The Morgan fingerprint density at radius 1 is 0.947 bits per heavy atom. The average Bonchev–Trinajstić information content (AvgIpc) is 2.85.